The Bertz CT molecular complexity index is 1380. The third-order valence-corrected chi connectivity index (χ3v) is 6.41. The van der Waals surface area contributed by atoms with Crippen molar-refractivity contribution in [2.45, 2.75) is 25.0 Å². The van der Waals surface area contributed by atoms with E-state index in [1.165, 1.54) is 48.5 Å². The van der Waals surface area contributed by atoms with Crippen LogP contribution in [0.3, 0.4) is 0 Å². The average molecular weight is 537 g/mol. The predicted octanol–water partition coefficient (Wildman–Crippen LogP) is 2.58. The lowest BCUT2D eigenvalue weighted by atomic mass is 9.71. The third-order valence-electron chi connectivity index (χ3n) is 6.41. The lowest BCUT2D eigenvalue weighted by molar-refractivity contribution is -0.321. The number of carbonyl (C=O) groups excluding carboxylic acids is 4. The van der Waals surface area contributed by atoms with E-state index in [1.807, 2.05) is 36.4 Å². The standard InChI is InChI=1S/C32H26O8/c33-28(34)19-32(31(37)38,26-15-11-24(12-16-26)29(35)39-20-22-7-3-1-4-8-22)27-17-13-25(14-18-27)30(36)40-21-23-9-5-2-6-10-23/h1-18H,19-21H2,(H,33,34)(H,37,38)/p-2. The number of carboxylic acids is 2. The van der Waals surface area contributed by atoms with Crippen LogP contribution in [0.2, 0.25) is 0 Å². The maximum Gasteiger partial charge on any atom is 0.338 e. The van der Waals surface area contributed by atoms with Gasteiger partial charge in [0.1, 0.15) is 13.2 Å². The molecule has 0 bridgehead atoms. The first kappa shape index (κ1) is 27.8. The fourth-order valence-corrected chi connectivity index (χ4v) is 4.29. The van der Waals surface area contributed by atoms with Gasteiger partial charge in [-0.25, -0.2) is 9.59 Å². The van der Waals surface area contributed by atoms with Crippen molar-refractivity contribution in [3.05, 3.63) is 143 Å². The fraction of sp³-hybridized carbons (Fsp3) is 0.125. The summed E-state index contributed by atoms with van der Waals surface area (Å²) in [7, 11) is 0. The smallest absolute Gasteiger partial charge is 0.338 e. The zero-order valence-electron chi connectivity index (χ0n) is 21.3. The number of hydrogen-bond donors (Lipinski definition) is 0. The lowest BCUT2D eigenvalue weighted by Crippen LogP contribution is -2.50. The molecular formula is C32H24O8-2. The molecule has 4 aromatic carbocycles. The number of carboxylic acid groups (broad SMARTS) is 2. The Kier molecular flexibility index (Phi) is 8.71. The quantitative estimate of drug-likeness (QED) is 0.267. The molecule has 0 heterocycles. The molecule has 8 heteroatoms. The third kappa shape index (κ3) is 6.42. The SMILES string of the molecule is O=C([O-])CC(C(=O)[O-])(c1ccc(C(=O)OCc2ccccc2)cc1)c1ccc(C(=O)OCc2ccccc2)cc1. The Labute approximate surface area is 230 Å². The van der Waals surface area contributed by atoms with E-state index in [4.69, 9.17) is 9.47 Å². The van der Waals surface area contributed by atoms with E-state index in [-0.39, 0.29) is 35.5 Å². The molecule has 8 nitrogen and oxygen atoms in total. The van der Waals surface area contributed by atoms with Gasteiger partial charge in [0.25, 0.3) is 0 Å². The highest BCUT2D eigenvalue weighted by Gasteiger charge is 2.36. The number of carbonyl (C=O) groups is 4. The Morgan fingerprint density at radius 1 is 0.550 bits per heavy atom. The van der Waals surface area contributed by atoms with E-state index < -0.39 is 35.7 Å². The summed E-state index contributed by atoms with van der Waals surface area (Å²) >= 11 is 0. The van der Waals surface area contributed by atoms with Gasteiger partial charge in [0.05, 0.1) is 22.5 Å². The Morgan fingerprint density at radius 3 is 1.25 bits per heavy atom. The molecular weight excluding hydrogens is 512 g/mol. The van der Waals surface area contributed by atoms with E-state index in [0.29, 0.717) is 0 Å². The highest BCUT2D eigenvalue weighted by Crippen LogP contribution is 2.36. The first-order valence-corrected chi connectivity index (χ1v) is 12.3. The van der Waals surface area contributed by atoms with Crippen LogP contribution in [0.15, 0.2) is 109 Å². The summed E-state index contributed by atoms with van der Waals surface area (Å²) < 4.78 is 10.6. The molecule has 0 N–H and O–H groups in total. The molecule has 0 amide bonds. The van der Waals surface area contributed by atoms with Crippen LogP contribution >= 0.6 is 0 Å². The largest absolute Gasteiger partial charge is 0.550 e. The normalized spacial score (nSPS) is 10.9. The van der Waals surface area contributed by atoms with Crippen molar-refractivity contribution in [1.29, 1.82) is 0 Å². The first-order valence-electron chi connectivity index (χ1n) is 12.3. The maximum atomic E-state index is 12.5. The molecule has 40 heavy (non-hydrogen) atoms. The fourth-order valence-electron chi connectivity index (χ4n) is 4.29. The average Bonchev–Trinajstić information content (AvgIpc) is 2.98. The van der Waals surface area contributed by atoms with Crippen LogP contribution < -0.4 is 10.2 Å². The highest BCUT2D eigenvalue weighted by molar-refractivity contribution is 5.93. The van der Waals surface area contributed by atoms with Gasteiger partial charge in [0.2, 0.25) is 0 Å². The van der Waals surface area contributed by atoms with Gasteiger partial charge >= 0.3 is 11.9 Å². The summed E-state index contributed by atoms with van der Waals surface area (Å²) in [6, 6.07) is 28.9. The maximum absolute atomic E-state index is 12.5. The van der Waals surface area contributed by atoms with Crippen molar-refractivity contribution in [1.82, 2.24) is 0 Å². The van der Waals surface area contributed by atoms with Gasteiger partial charge in [-0.3, -0.25) is 0 Å². The van der Waals surface area contributed by atoms with Gasteiger partial charge in [-0.05, 0) is 46.5 Å². The molecule has 0 spiro atoms. The molecule has 0 radical (unpaired) electrons. The molecule has 4 aromatic rings. The highest BCUT2D eigenvalue weighted by atomic mass is 16.5. The summed E-state index contributed by atoms with van der Waals surface area (Å²) in [6.07, 6.45) is -0.940. The number of rotatable bonds is 11. The van der Waals surface area contributed by atoms with Crippen molar-refractivity contribution in [3.63, 3.8) is 0 Å². The van der Waals surface area contributed by atoms with Crippen molar-refractivity contribution < 1.29 is 38.9 Å². The van der Waals surface area contributed by atoms with Crippen LogP contribution in [-0.2, 0) is 37.7 Å². The van der Waals surface area contributed by atoms with Crippen LogP contribution in [0.4, 0.5) is 0 Å². The number of hydrogen-bond acceptors (Lipinski definition) is 8. The zero-order valence-corrected chi connectivity index (χ0v) is 21.3. The van der Waals surface area contributed by atoms with E-state index >= 15 is 0 Å². The van der Waals surface area contributed by atoms with E-state index in [0.717, 1.165) is 11.1 Å². The number of aliphatic carboxylic acids is 2. The van der Waals surface area contributed by atoms with Gasteiger partial charge in [0, 0.05) is 12.4 Å². The lowest BCUT2D eigenvalue weighted by Gasteiger charge is -2.36. The molecule has 0 atom stereocenters. The molecule has 202 valence electrons. The van der Waals surface area contributed by atoms with Crippen molar-refractivity contribution in [2.75, 3.05) is 0 Å². The Morgan fingerprint density at radius 2 is 0.925 bits per heavy atom. The van der Waals surface area contributed by atoms with Crippen LogP contribution in [0.1, 0.15) is 49.4 Å². The van der Waals surface area contributed by atoms with Crippen LogP contribution in [-0.4, -0.2) is 23.9 Å². The molecule has 0 unspecified atom stereocenters. The minimum absolute atomic E-state index is 0.0508. The van der Waals surface area contributed by atoms with Crippen LogP contribution in [0.25, 0.3) is 0 Å². The number of ether oxygens (including phenoxy) is 2. The Hall–Kier alpha value is -5.24. The first-order chi connectivity index (χ1) is 19.3. The van der Waals surface area contributed by atoms with E-state index in [2.05, 4.69) is 0 Å². The molecule has 0 saturated heterocycles. The molecule has 0 aliphatic heterocycles. The van der Waals surface area contributed by atoms with Gasteiger partial charge in [-0.2, -0.15) is 0 Å². The molecule has 0 aliphatic rings. The molecule has 0 saturated carbocycles. The molecule has 4 rings (SSSR count). The summed E-state index contributed by atoms with van der Waals surface area (Å²) in [4.78, 5) is 49.2. The Balaban J connectivity index is 1.56. The number of benzene rings is 4. The molecule has 0 aliphatic carbocycles. The molecule has 0 aromatic heterocycles. The summed E-state index contributed by atoms with van der Waals surface area (Å²) in [5.41, 5.74) is -0.160. The van der Waals surface area contributed by atoms with Crippen LogP contribution in [0.5, 0.6) is 0 Å². The second kappa shape index (κ2) is 12.5. The summed E-state index contributed by atoms with van der Waals surface area (Å²) in [5, 5.41) is 24.2. The second-order valence-electron chi connectivity index (χ2n) is 9.02. The van der Waals surface area contributed by atoms with Crippen molar-refractivity contribution in [2.24, 2.45) is 0 Å². The van der Waals surface area contributed by atoms with Gasteiger partial charge in [0.15, 0.2) is 0 Å². The second-order valence-corrected chi connectivity index (χ2v) is 9.02. The topological polar surface area (TPSA) is 133 Å². The van der Waals surface area contributed by atoms with Gasteiger partial charge in [-0.1, -0.05) is 84.9 Å². The molecule has 0 fully saturated rings. The van der Waals surface area contributed by atoms with E-state index in [1.54, 1.807) is 24.3 Å². The van der Waals surface area contributed by atoms with Crippen LogP contribution in [0, 0.1) is 0 Å². The van der Waals surface area contributed by atoms with E-state index in [9.17, 15) is 29.4 Å². The minimum atomic E-state index is -2.15. The summed E-state index contributed by atoms with van der Waals surface area (Å²) in [6.45, 7) is 0.102. The van der Waals surface area contributed by atoms with Gasteiger partial charge in [-0.15, -0.1) is 0 Å². The monoisotopic (exact) mass is 536 g/mol. The minimum Gasteiger partial charge on any atom is -0.550 e. The van der Waals surface area contributed by atoms with Crippen molar-refractivity contribution >= 4 is 23.9 Å². The predicted molar refractivity (Wildman–Crippen MR) is 139 cm³/mol. The van der Waals surface area contributed by atoms with Crippen molar-refractivity contribution in [3.8, 4) is 0 Å². The van der Waals surface area contributed by atoms with Gasteiger partial charge < -0.3 is 29.3 Å². The number of esters is 2. The summed E-state index contributed by atoms with van der Waals surface area (Å²) in [5.74, 6) is -4.57. The zero-order chi connectivity index (χ0) is 28.5.